The fourth-order valence-electron chi connectivity index (χ4n) is 4.13. The molecule has 4 aromatic rings. The molecule has 1 aromatic carbocycles. The molecule has 0 spiro atoms. The number of ether oxygens (including phenoxy) is 1. The van der Waals surface area contributed by atoms with Crippen molar-refractivity contribution in [3.8, 4) is 17.4 Å². The van der Waals surface area contributed by atoms with Crippen molar-refractivity contribution in [1.29, 1.82) is 0 Å². The van der Waals surface area contributed by atoms with Gasteiger partial charge in [-0.1, -0.05) is 5.16 Å². The summed E-state index contributed by atoms with van der Waals surface area (Å²) in [5, 5.41) is 16.4. The van der Waals surface area contributed by atoms with Crippen molar-refractivity contribution >= 4 is 28.6 Å². The molecule has 37 heavy (non-hydrogen) atoms. The molecule has 5 rings (SSSR count). The fourth-order valence-corrected chi connectivity index (χ4v) is 4.13. The van der Waals surface area contributed by atoms with E-state index in [4.69, 9.17) is 14.2 Å². The predicted octanol–water partition coefficient (Wildman–Crippen LogP) is 3.42. The van der Waals surface area contributed by atoms with Crippen LogP contribution < -0.4 is 10.9 Å². The Bertz CT molecular complexity index is 1570. The number of nitrogens with zero attached hydrogens (tertiary/aromatic N) is 5. The summed E-state index contributed by atoms with van der Waals surface area (Å²) in [4.78, 5) is 47.6. The largest absolute Gasteiger partial charge is 0.501 e. The lowest BCUT2D eigenvalue weighted by atomic mass is 9.92. The minimum atomic E-state index is -0.807. The van der Waals surface area contributed by atoms with Crippen LogP contribution in [0.4, 0.5) is 5.69 Å². The highest BCUT2D eigenvalue weighted by molar-refractivity contribution is 6.04. The molecular formula is C25H26N6O6. The zero-order chi connectivity index (χ0) is 26.5. The number of carbonyl (C=O) groups is 2. The second-order valence-corrected chi connectivity index (χ2v) is 9.96. The maximum Gasteiger partial charge on any atom is 0.338 e. The third-order valence-electron chi connectivity index (χ3n) is 6.14. The van der Waals surface area contributed by atoms with E-state index in [-0.39, 0.29) is 17.6 Å². The number of aromatic hydroxyl groups is 1. The summed E-state index contributed by atoms with van der Waals surface area (Å²) in [6.07, 6.45) is 5.25. The number of amides is 1. The summed E-state index contributed by atoms with van der Waals surface area (Å²) in [7, 11) is 1.45. The average molecular weight is 507 g/mol. The number of carbonyl (C=O) groups excluding carboxylic acids is 2. The summed E-state index contributed by atoms with van der Waals surface area (Å²) in [6.45, 7) is 5.40. The molecule has 1 aliphatic rings. The highest BCUT2D eigenvalue weighted by atomic mass is 16.6. The molecule has 1 amide bonds. The van der Waals surface area contributed by atoms with Gasteiger partial charge in [-0.2, -0.15) is 0 Å². The molecule has 2 N–H and O–H groups in total. The molecule has 0 radical (unpaired) electrons. The van der Waals surface area contributed by atoms with Crippen LogP contribution in [0.5, 0.6) is 5.75 Å². The molecule has 0 atom stereocenters. The molecule has 0 unspecified atom stereocenters. The molecule has 1 saturated carbocycles. The van der Waals surface area contributed by atoms with Crippen molar-refractivity contribution in [2.45, 2.75) is 51.7 Å². The van der Waals surface area contributed by atoms with E-state index in [9.17, 15) is 19.5 Å². The van der Waals surface area contributed by atoms with Crippen molar-refractivity contribution < 1.29 is 24.0 Å². The smallest absolute Gasteiger partial charge is 0.338 e. The van der Waals surface area contributed by atoms with E-state index in [0.29, 0.717) is 22.4 Å². The van der Waals surface area contributed by atoms with Gasteiger partial charge in [0.2, 0.25) is 5.75 Å². The number of imidazole rings is 1. The lowest BCUT2D eigenvalue weighted by molar-refractivity contribution is 0.00695. The standard InChI is InChI=1S/C25H26N6O6/c1-25(2,3)37-24(35)13-8-9-16-17(10-13)31(15-6-5-7-15)21(28-16)20-29-18(19(32)23(34)30(20)4)22(33)27-14-11-26-36-12-14/h8-12,15,32H,5-7H2,1-4H3,(H,27,33). The van der Waals surface area contributed by atoms with Crippen molar-refractivity contribution in [2.75, 3.05) is 5.32 Å². The molecule has 0 aliphatic heterocycles. The van der Waals surface area contributed by atoms with Gasteiger partial charge < -0.3 is 24.3 Å². The SMILES string of the molecule is Cn1c(-c2nc3ccc(C(=O)OC(C)(C)C)cc3n2C2CCC2)nc(C(=O)Nc2cnoc2)c(O)c1=O. The van der Waals surface area contributed by atoms with Crippen LogP contribution >= 0.6 is 0 Å². The number of aromatic nitrogens is 5. The highest BCUT2D eigenvalue weighted by Gasteiger charge is 2.30. The molecule has 12 heteroatoms. The first-order chi connectivity index (χ1) is 17.5. The first-order valence-corrected chi connectivity index (χ1v) is 11.8. The van der Waals surface area contributed by atoms with Crippen molar-refractivity contribution in [3.05, 3.63) is 52.3 Å². The third kappa shape index (κ3) is 4.46. The zero-order valence-corrected chi connectivity index (χ0v) is 20.8. The molecule has 3 heterocycles. The summed E-state index contributed by atoms with van der Waals surface area (Å²) in [5.74, 6) is -1.61. The Labute approximate surface area is 210 Å². The van der Waals surface area contributed by atoms with E-state index < -0.39 is 34.5 Å². The lowest BCUT2D eigenvalue weighted by Crippen LogP contribution is -2.27. The van der Waals surface area contributed by atoms with Gasteiger partial charge in [0.05, 0.1) is 22.8 Å². The number of nitrogens with one attached hydrogen (secondary N) is 1. The van der Waals surface area contributed by atoms with Crippen molar-refractivity contribution in [2.24, 2.45) is 7.05 Å². The van der Waals surface area contributed by atoms with E-state index in [1.54, 1.807) is 39.0 Å². The van der Waals surface area contributed by atoms with Gasteiger partial charge in [-0.05, 0) is 58.2 Å². The number of rotatable bonds is 5. The Hall–Kier alpha value is -4.48. The molecule has 1 aliphatic carbocycles. The second-order valence-electron chi connectivity index (χ2n) is 9.96. The Kier molecular flexibility index (Phi) is 5.81. The third-order valence-corrected chi connectivity index (χ3v) is 6.14. The van der Waals surface area contributed by atoms with Crippen LogP contribution in [-0.4, -0.2) is 46.8 Å². The van der Waals surface area contributed by atoms with Gasteiger partial charge >= 0.3 is 5.97 Å². The number of hydrogen-bond acceptors (Lipinski definition) is 9. The molecule has 12 nitrogen and oxygen atoms in total. The highest BCUT2D eigenvalue weighted by Crippen LogP contribution is 2.38. The first-order valence-electron chi connectivity index (χ1n) is 11.8. The minimum Gasteiger partial charge on any atom is -0.501 e. The van der Waals surface area contributed by atoms with Gasteiger partial charge in [0.15, 0.2) is 17.3 Å². The minimum absolute atomic E-state index is 0.0638. The molecule has 0 saturated heterocycles. The number of fused-ring (bicyclic) bond motifs is 1. The maximum atomic E-state index is 12.9. The molecule has 192 valence electrons. The maximum absolute atomic E-state index is 12.9. The Morgan fingerprint density at radius 3 is 2.57 bits per heavy atom. The van der Waals surface area contributed by atoms with Gasteiger partial charge in [-0.15, -0.1) is 0 Å². The van der Waals surface area contributed by atoms with E-state index in [1.165, 1.54) is 19.5 Å². The van der Waals surface area contributed by atoms with Gasteiger partial charge in [0, 0.05) is 13.1 Å². The number of hydrogen-bond donors (Lipinski definition) is 2. The summed E-state index contributed by atoms with van der Waals surface area (Å²) in [6, 6.07) is 5.13. The molecule has 1 fully saturated rings. The summed E-state index contributed by atoms with van der Waals surface area (Å²) >= 11 is 0. The lowest BCUT2D eigenvalue weighted by Gasteiger charge is -2.29. The summed E-state index contributed by atoms with van der Waals surface area (Å²) < 4.78 is 13.3. The second kappa shape index (κ2) is 8.87. The van der Waals surface area contributed by atoms with Crippen LogP contribution in [0.25, 0.3) is 22.7 Å². The Morgan fingerprint density at radius 2 is 1.95 bits per heavy atom. The van der Waals surface area contributed by atoms with Crippen molar-refractivity contribution in [3.63, 3.8) is 0 Å². The van der Waals surface area contributed by atoms with Crippen LogP contribution in [0, 0.1) is 0 Å². The normalized spacial score (nSPS) is 13.9. The topological polar surface area (TPSA) is 154 Å². The van der Waals surface area contributed by atoms with Crippen LogP contribution in [0.1, 0.15) is 66.9 Å². The van der Waals surface area contributed by atoms with E-state index in [2.05, 4.69) is 15.5 Å². The Morgan fingerprint density at radius 1 is 1.19 bits per heavy atom. The molecular weight excluding hydrogens is 480 g/mol. The van der Waals surface area contributed by atoms with Crippen molar-refractivity contribution in [1.82, 2.24) is 24.3 Å². The van der Waals surface area contributed by atoms with Gasteiger partial charge in [-0.25, -0.2) is 14.8 Å². The van der Waals surface area contributed by atoms with Crippen LogP contribution in [-0.2, 0) is 11.8 Å². The zero-order valence-electron chi connectivity index (χ0n) is 20.8. The molecule has 3 aromatic heterocycles. The number of esters is 1. The number of benzene rings is 1. The van der Waals surface area contributed by atoms with Crippen LogP contribution in [0.15, 0.2) is 40.0 Å². The Balaban J connectivity index is 1.65. The van der Waals surface area contributed by atoms with E-state index in [1.807, 2.05) is 4.57 Å². The quantitative estimate of drug-likeness (QED) is 0.387. The van der Waals surface area contributed by atoms with E-state index >= 15 is 0 Å². The van der Waals surface area contributed by atoms with Crippen LogP contribution in [0.3, 0.4) is 0 Å². The predicted molar refractivity (Wildman–Crippen MR) is 132 cm³/mol. The van der Waals surface area contributed by atoms with Crippen LogP contribution in [0.2, 0.25) is 0 Å². The summed E-state index contributed by atoms with van der Waals surface area (Å²) in [5.41, 5.74) is -0.0278. The molecule has 0 bridgehead atoms. The fraction of sp³-hybridized carbons (Fsp3) is 0.360. The first kappa shape index (κ1) is 24.2. The van der Waals surface area contributed by atoms with E-state index in [0.717, 1.165) is 23.8 Å². The monoisotopic (exact) mass is 506 g/mol. The average Bonchev–Trinajstić information content (AvgIpc) is 3.43. The van der Waals surface area contributed by atoms with Gasteiger partial charge in [-0.3, -0.25) is 14.2 Å². The van der Waals surface area contributed by atoms with Gasteiger partial charge in [0.1, 0.15) is 17.6 Å². The van der Waals surface area contributed by atoms with Gasteiger partial charge in [0.25, 0.3) is 11.5 Å². The number of anilines is 1.